The Morgan fingerprint density at radius 3 is 2.39 bits per heavy atom. The van der Waals surface area contributed by atoms with Crippen LogP contribution in [0.2, 0.25) is 0 Å². The van der Waals surface area contributed by atoms with E-state index in [-0.39, 0.29) is 17.4 Å². The fourth-order valence-corrected chi connectivity index (χ4v) is 4.12. The Labute approximate surface area is 169 Å². The highest BCUT2D eigenvalue weighted by molar-refractivity contribution is 5.76. The number of carbonyl (C=O) groups is 2. The summed E-state index contributed by atoms with van der Waals surface area (Å²) in [6.45, 7) is 5.70. The van der Waals surface area contributed by atoms with E-state index in [1.54, 1.807) is 0 Å². The molecule has 1 unspecified atom stereocenters. The Hall–Kier alpha value is -1.88. The lowest BCUT2D eigenvalue weighted by Gasteiger charge is -2.34. The predicted molar refractivity (Wildman–Crippen MR) is 114 cm³/mol. The minimum atomic E-state index is -0.282. The summed E-state index contributed by atoms with van der Waals surface area (Å²) in [6.07, 6.45) is 8.79. The molecule has 2 amide bonds. The van der Waals surface area contributed by atoms with Gasteiger partial charge in [0.2, 0.25) is 11.8 Å². The van der Waals surface area contributed by atoms with Gasteiger partial charge >= 0.3 is 0 Å². The third-order valence-corrected chi connectivity index (χ3v) is 5.94. The summed E-state index contributed by atoms with van der Waals surface area (Å²) in [4.78, 5) is 23.2. The summed E-state index contributed by atoms with van der Waals surface area (Å²) < 4.78 is 0. The van der Waals surface area contributed by atoms with Crippen LogP contribution in [-0.2, 0) is 16.1 Å². The third-order valence-electron chi connectivity index (χ3n) is 5.94. The van der Waals surface area contributed by atoms with Crippen LogP contribution < -0.4 is 16.4 Å². The van der Waals surface area contributed by atoms with Crippen molar-refractivity contribution in [3.8, 4) is 0 Å². The lowest BCUT2D eigenvalue weighted by atomic mass is 9.83. The molecule has 0 saturated heterocycles. The Balaban J connectivity index is 1.78. The van der Waals surface area contributed by atoms with Gasteiger partial charge in [0.25, 0.3) is 0 Å². The van der Waals surface area contributed by atoms with Gasteiger partial charge in [0.05, 0.1) is 0 Å². The number of primary amides is 1. The largest absolute Gasteiger partial charge is 0.370 e. The number of hydrogen-bond acceptors (Lipinski definition) is 3. The number of carbonyl (C=O) groups excluding carboxylic acids is 2. The summed E-state index contributed by atoms with van der Waals surface area (Å²) >= 11 is 0. The van der Waals surface area contributed by atoms with Gasteiger partial charge in [-0.15, -0.1) is 0 Å². The lowest BCUT2D eigenvalue weighted by Crippen LogP contribution is -2.47. The number of hydrogen-bond donors (Lipinski definition) is 3. The smallest absolute Gasteiger partial charge is 0.220 e. The molecule has 1 saturated carbocycles. The van der Waals surface area contributed by atoms with E-state index in [4.69, 9.17) is 5.73 Å². The summed E-state index contributed by atoms with van der Waals surface area (Å²) in [5, 5.41) is 6.52. The van der Waals surface area contributed by atoms with Gasteiger partial charge in [0, 0.05) is 31.5 Å². The first kappa shape index (κ1) is 22.4. The molecular weight excluding hydrogens is 350 g/mol. The quantitative estimate of drug-likeness (QED) is 0.505. The van der Waals surface area contributed by atoms with Crippen LogP contribution in [0.1, 0.15) is 88.7 Å². The molecule has 28 heavy (non-hydrogen) atoms. The highest BCUT2D eigenvalue weighted by Crippen LogP contribution is 2.29. The van der Waals surface area contributed by atoms with Crippen LogP contribution in [0.4, 0.5) is 0 Å². The molecular formula is C23H37N3O2. The van der Waals surface area contributed by atoms with E-state index < -0.39 is 0 Å². The molecule has 1 aromatic rings. The first-order valence-electron chi connectivity index (χ1n) is 10.8. The Kier molecular flexibility index (Phi) is 8.97. The second-order valence-corrected chi connectivity index (χ2v) is 8.45. The average Bonchev–Trinajstić information content (AvgIpc) is 2.67. The summed E-state index contributed by atoms with van der Waals surface area (Å²) in [5.41, 5.74) is 7.62. The van der Waals surface area contributed by atoms with Gasteiger partial charge < -0.3 is 16.4 Å². The van der Waals surface area contributed by atoms with Crippen molar-refractivity contribution in [3.63, 3.8) is 0 Å². The number of amides is 2. The first-order valence-corrected chi connectivity index (χ1v) is 10.8. The van der Waals surface area contributed by atoms with Gasteiger partial charge in [-0.1, -0.05) is 50.5 Å². The van der Waals surface area contributed by atoms with E-state index in [0.29, 0.717) is 25.3 Å². The number of rotatable bonds is 11. The van der Waals surface area contributed by atoms with Crippen molar-refractivity contribution in [2.24, 2.45) is 5.73 Å². The molecule has 1 atom stereocenters. The van der Waals surface area contributed by atoms with Gasteiger partial charge in [-0.2, -0.15) is 0 Å². The van der Waals surface area contributed by atoms with Crippen molar-refractivity contribution >= 4 is 11.8 Å². The highest BCUT2D eigenvalue weighted by atomic mass is 16.2. The van der Waals surface area contributed by atoms with Gasteiger partial charge in [0.1, 0.15) is 0 Å². The van der Waals surface area contributed by atoms with E-state index in [2.05, 4.69) is 48.7 Å². The van der Waals surface area contributed by atoms with E-state index in [1.165, 1.54) is 30.4 Å². The predicted octanol–water partition coefficient (Wildman–Crippen LogP) is 3.76. The van der Waals surface area contributed by atoms with Crippen molar-refractivity contribution in [1.29, 1.82) is 0 Å². The molecule has 2 rings (SSSR count). The molecule has 0 radical (unpaired) electrons. The molecule has 1 aliphatic rings. The molecule has 0 heterocycles. The highest BCUT2D eigenvalue weighted by Gasteiger charge is 2.28. The lowest BCUT2D eigenvalue weighted by molar-refractivity contribution is -0.123. The standard InChI is InChI=1S/C23H37N3O2/c1-3-19(11-12-22(28)26-23(2)14-5-4-6-15-23)20-9-7-18(8-10-20)17-25-16-13-21(24)27/h7-10,19,25H,3-6,11-17H2,1-2H3,(H2,24,27)(H,26,28). The normalized spacial score (nSPS) is 17.1. The fraction of sp³-hybridized carbons (Fsp3) is 0.652. The van der Waals surface area contributed by atoms with Crippen LogP contribution in [0.3, 0.4) is 0 Å². The van der Waals surface area contributed by atoms with Crippen molar-refractivity contribution in [2.75, 3.05) is 6.54 Å². The van der Waals surface area contributed by atoms with Crippen LogP contribution in [0.15, 0.2) is 24.3 Å². The van der Waals surface area contributed by atoms with Crippen LogP contribution in [0.5, 0.6) is 0 Å². The monoisotopic (exact) mass is 387 g/mol. The second-order valence-electron chi connectivity index (χ2n) is 8.45. The average molecular weight is 388 g/mol. The molecule has 1 aromatic carbocycles. The van der Waals surface area contributed by atoms with Crippen LogP contribution in [0.25, 0.3) is 0 Å². The first-order chi connectivity index (χ1) is 13.4. The molecule has 0 bridgehead atoms. The Morgan fingerprint density at radius 2 is 1.79 bits per heavy atom. The van der Waals surface area contributed by atoms with Crippen LogP contribution in [0, 0.1) is 0 Å². The minimum Gasteiger partial charge on any atom is -0.370 e. The zero-order valence-corrected chi connectivity index (χ0v) is 17.6. The molecule has 1 fully saturated rings. The molecule has 5 heteroatoms. The van der Waals surface area contributed by atoms with Crippen molar-refractivity contribution in [1.82, 2.24) is 10.6 Å². The Morgan fingerprint density at radius 1 is 1.11 bits per heavy atom. The van der Waals surface area contributed by atoms with Crippen molar-refractivity contribution in [3.05, 3.63) is 35.4 Å². The summed E-state index contributed by atoms with van der Waals surface area (Å²) in [5.74, 6) is 0.315. The third kappa shape index (κ3) is 7.63. The maximum absolute atomic E-state index is 12.5. The van der Waals surface area contributed by atoms with Gasteiger partial charge in [-0.25, -0.2) is 0 Å². The zero-order chi connectivity index (χ0) is 20.4. The molecule has 1 aliphatic carbocycles. The van der Waals surface area contributed by atoms with Crippen LogP contribution >= 0.6 is 0 Å². The van der Waals surface area contributed by atoms with Gasteiger partial charge in [-0.3, -0.25) is 9.59 Å². The molecule has 4 N–H and O–H groups in total. The molecule has 0 aromatic heterocycles. The number of nitrogens with one attached hydrogen (secondary N) is 2. The molecule has 0 aliphatic heterocycles. The number of nitrogens with two attached hydrogens (primary N) is 1. The second kappa shape index (κ2) is 11.2. The van der Waals surface area contributed by atoms with Crippen molar-refractivity contribution in [2.45, 2.75) is 89.6 Å². The topological polar surface area (TPSA) is 84.2 Å². The van der Waals surface area contributed by atoms with Crippen molar-refractivity contribution < 1.29 is 9.59 Å². The summed E-state index contributed by atoms with van der Waals surface area (Å²) in [7, 11) is 0. The van der Waals surface area contributed by atoms with E-state index in [1.807, 2.05) is 0 Å². The van der Waals surface area contributed by atoms with Gasteiger partial charge in [0.15, 0.2) is 0 Å². The van der Waals surface area contributed by atoms with Gasteiger partial charge in [-0.05, 0) is 49.7 Å². The SMILES string of the molecule is CCC(CCC(=O)NC1(C)CCCCC1)c1ccc(CNCCC(N)=O)cc1. The van der Waals surface area contributed by atoms with Crippen LogP contribution in [-0.4, -0.2) is 23.9 Å². The van der Waals surface area contributed by atoms with E-state index in [0.717, 1.165) is 32.2 Å². The molecule has 5 nitrogen and oxygen atoms in total. The number of benzene rings is 1. The maximum Gasteiger partial charge on any atom is 0.220 e. The molecule has 0 spiro atoms. The Bertz CT molecular complexity index is 621. The van der Waals surface area contributed by atoms with E-state index in [9.17, 15) is 9.59 Å². The minimum absolute atomic E-state index is 0.000205. The summed E-state index contributed by atoms with van der Waals surface area (Å²) in [6, 6.07) is 8.58. The zero-order valence-electron chi connectivity index (χ0n) is 17.6. The maximum atomic E-state index is 12.5. The molecule has 156 valence electrons. The van der Waals surface area contributed by atoms with E-state index >= 15 is 0 Å². The fourth-order valence-electron chi connectivity index (χ4n) is 4.12.